The molecule has 2 aromatic rings. The van der Waals surface area contributed by atoms with E-state index in [-0.39, 0.29) is 17.9 Å². The van der Waals surface area contributed by atoms with Crippen molar-refractivity contribution in [1.82, 2.24) is 0 Å². The summed E-state index contributed by atoms with van der Waals surface area (Å²) < 4.78 is 21.6. The fourth-order valence-electron chi connectivity index (χ4n) is 4.51. The number of nitrogens with one attached hydrogen (secondary N) is 1. The van der Waals surface area contributed by atoms with E-state index in [1.54, 1.807) is 27.4 Å². The van der Waals surface area contributed by atoms with Crippen LogP contribution in [0.15, 0.2) is 42.5 Å². The number of carbonyl (C=O) groups is 1. The van der Waals surface area contributed by atoms with Crippen molar-refractivity contribution in [3.8, 4) is 17.2 Å². The predicted octanol–water partition coefficient (Wildman–Crippen LogP) is 4.33. The number of methoxy groups -OCH3 is 4. The summed E-state index contributed by atoms with van der Waals surface area (Å²) >= 11 is 0. The highest BCUT2D eigenvalue weighted by molar-refractivity contribution is 5.97. The molecule has 2 aromatic carbocycles. The Morgan fingerprint density at radius 2 is 1.76 bits per heavy atom. The smallest absolute Gasteiger partial charge is 0.339 e. The molecular weight excluding hydrogens is 370 g/mol. The van der Waals surface area contributed by atoms with Crippen molar-refractivity contribution in [3.05, 3.63) is 59.2 Å². The van der Waals surface area contributed by atoms with E-state index in [4.69, 9.17) is 18.9 Å². The van der Waals surface area contributed by atoms with Crippen molar-refractivity contribution in [3.63, 3.8) is 0 Å². The minimum absolute atomic E-state index is 0.0259. The molecule has 0 aromatic heterocycles. The molecule has 0 saturated heterocycles. The molecule has 152 valence electrons. The third kappa shape index (κ3) is 3.09. The second-order valence-electron chi connectivity index (χ2n) is 7.20. The van der Waals surface area contributed by atoms with Gasteiger partial charge in [-0.3, -0.25) is 0 Å². The van der Waals surface area contributed by atoms with Gasteiger partial charge in [-0.05, 0) is 41.7 Å². The minimum Gasteiger partial charge on any atom is -0.493 e. The van der Waals surface area contributed by atoms with Gasteiger partial charge in [-0.1, -0.05) is 24.3 Å². The average molecular weight is 395 g/mol. The standard InChI is InChI=1S/C23H25NO5/c1-26-18-11-13(12-19(27-2)22(18)28-3)20-15-8-5-7-14(15)16-9-6-10-17(21(16)24-20)23(25)29-4/h5-7,9-12,14-15,20,24H,8H2,1-4H3/t14-,15+,20+/m1/s1. The molecule has 0 spiro atoms. The highest BCUT2D eigenvalue weighted by atomic mass is 16.5. The number of para-hydroxylation sites is 1. The largest absolute Gasteiger partial charge is 0.493 e. The highest BCUT2D eigenvalue weighted by Gasteiger charge is 2.40. The lowest BCUT2D eigenvalue weighted by Crippen LogP contribution is -2.30. The van der Waals surface area contributed by atoms with Crippen LogP contribution in [-0.4, -0.2) is 34.4 Å². The zero-order chi connectivity index (χ0) is 20.5. The molecule has 0 unspecified atom stereocenters. The molecule has 6 heteroatoms. The molecule has 0 amide bonds. The average Bonchev–Trinajstić information content (AvgIpc) is 3.26. The van der Waals surface area contributed by atoms with Crippen LogP contribution >= 0.6 is 0 Å². The van der Waals surface area contributed by atoms with E-state index in [0.29, 0.717) is 28.7 Å². The van der Waals surface area contributed by atoms with E-state index in [1.165, 1.54) is 7.11 Å². The first-order valence-corrected chi connectivity index (χ1v) is 9.57. The molecule has 3 atom stereocenters. The third-order valence-electron chi connectivity index (χ3n) is 5.85. The van der Waals surface area contributed by atoms with Gasteiger partial charge in [0.2, 0.25) is 5.75 Å². The Balaban J connectivity index is 1.84. The van der Waals surface area contributed by atoms with Crippen molar-refractivity contribution in [2.45, 2.75) is 18.4 Å². The highest BCUT2D eigenvalue weighted by Crippen LogP contribution is 2.52. The molecule has 29 heavy (non-hydrogen) atoms. The van der Waals surface area contributed by atoms with Crippen LogP contribution in [0.5, 0.6) is 17.2 Å². The van der Waals surface area contributed by atoms with Crippen LogP contribution in [0.4, 0.5) is 5.69 Å². The van der Waals surface area contributed by atoms with E-state index in [9.17, 15) is 4.79 Å². The molecule has 0 fully saturated rings. The van der Waals surface area contributed by atoms with Gasteiger partial charge in [0.15, 0.2) is 11.5 Å². The maximum Gasteiger partial charge on any atom is 0.339 e. The minimum atomic E-state index is -0.349. The number of allylic oxidation sites excluding steroid dienone is 2. The number of ether oxygens (including phenoxy) is 4. The summed E-state index contributed by atoms with van der Waals surface area (Å²) in [6.07, 6.45) is 5.39. The van der Waals surface area contributed by atoms with Gasteiger partial charge < -0.3 is 24.3 Å². The lowest BCUT2D eigenvalue weighted by Gasteiger charge is -2.38. The van der Waals surface area contributed by atoms with Crippen molar-refractivity contribution >= 4 is 11.7 Å². The van der Waals surface area contributed by atoms with Crippen LogP contribution in [0.3, 0.4) is 0 Å². The second kappa shape index (κ2) is 7.70. The predicted molar refractivity (Wildman–Crippen MR) is 110 cm³/mol. The van der Waals surface area contributed by atoms with Gasteiger partial charge in [-0.15, -0.1) is 0 Å². The number of hydrogen-bond acceptors (Lipinski definition) is 6. The SMILES string of the molecule is COC(=O)c1cccc2c1N[C@@H](c1cc(OC)c(OC)c(OC)c1)[C@H]1CC=C[C@@H]21. The fourth-order valence-corrected chi connectivity index (χ4v) is 4.51. The quantitative estimate of drug-likeness (QED) is 0.601. The molecule has 0 saturated carbocycles. The monoisotopic (exact) mass is 395 g/mol. The van der Waals surface area contributed by atoms with Crippen molar-refractivity contribution in [1.29, 1.82) is 0 Å². The molecule has 4 rings (SSSR count). The zero-order valence-electron chi connectivity index (χ0n) is 17.0. The van der Waals surface area contributed by atoms with Crippen LogP contribution < -0.4 is 19.5 Å². The molecule has 1 heterocycles. The van der Waals surface area contributed by atoms with Gasteiger partial charge in [-0.2, -0.15) is 0 Å². The normalized spacial score (nSPS) is 21.6. The molecular formula is C23H25NO5. The number of carbonyl (C=O) groups excluding carboxylic acids is 1. The molecule has 1 aliphatic heterocycles. The summed E-state index contributed by atoms with van der Waals surface area (Å²) in [5.41, 5.74) is 3.51. The summed E-state index contributed by atoms with van der Waals surface area (Å²) in [6.45, 7) is 0. The summed E-state index contributed by atoms with van der Waals surface area (Å²) in [4.78, 5) is 12.4. The first-order valence-electron chi connectivity index (χ1n) is 9.57. The fraction of sp³-hybridized carbons (Fsp3) is 0.348. The van der Waals surface area contributed by atoms with Crippen molar-refractivity contribution in [2.75, 3.05) is 33.8 Å². The van der Waals surface area contributed by atoms with Crippen LogP contribution in [-0.2, 0) is 4.74 Å². The van der Waals surface area contributed by atoms with E-state index in [0.717, 1.165) is 23.2 Å². The van der Waals surface area contributed by atoms with Crippen molar-refractivity contribution in [2.24, 2.45) is 5.92 Å². The second-order valence-corrected chi connectivity index (χ2v) is 7.20. The van der Waals surface area contributed by atoms with E-state index < -0.39 is 0 Å². The molecule has 1 aliphatic carbocycles. The van der Waals surface area contributed by atoms with Gasteiger partial charge in [0, 0.05) is 5.92 Å². The Bertz CT molecular complexity index is 943. The van der Waals surface area contributed by atoms with Gasteiger partial charge in [0.05, 0.1) is 45.7 Å². The van der Waals surface area contributed by atoms with Gasteiger partial charge in [0.1, 0.15) is 0 Å². The zero-order valence-corrected chi connectivity index (χ0v) is 17.0. The Morgan fingerprint density at radius 3 is 2.38 bits per heavy atom. The summed E-state index contributed by atoms with van der Waals surface area (Å²) in [6, 6.07) is 9.70. The number of benzene rings is 2. The molecule has 0 bridgehead atoms. The summed E-state index contributed by atoms with van der Waals surface area (Å²) in [5.74, 6) is 1.97. The number of hydrogen-bond donors (Lipinski definition) is 1. The number of fused-ring (bicyclic) bond motifs is 3. The third-order valence-corrected chi connectivity index (χ3v) is 5.85. The van der Waals surface area contributed by atoms with Crippen LogP contribution in [0, 0.1) is 5.92 Å². The molecule has 2 aliphatic rings. The Kier molecular flexibility index (Phi) is 5.09. The summed E-state index contributed by atoms with van der Waals surface area (Å²) in [5, 5.41) is 3.62. The number of rotatable bonds is 5. The molecule has 6 nitrogen and oxygen atoms in total. The first kappa shape index (κ1) is 19.2. The van der Waals surface area contributed by atoms with Gasteiger partial charge >= 0.3 is 5.97 Å². The Hall–Kier alpha value is -3.15. The van der Waals surface area contributed by atoms with E-state index >= 15 is 0 Å². The van der Waals surface area contributed by atoms with Gasteiger partial charge in [-0.25, -0.2) is 4.79 Å². The molecule has 0 radical (unpaired) electrons. The van der Waals surface area contributed by atoms with Crippen LogP contribution in [0.2, 0.25) is 0 Å². The van der Waals surface area contributed by atoms with E-state index in [2.05, 4.69) is 23.5 Å². The maximum atomic E-state index is 12.4. The summed E-state index contributed by atoms with van der Waals surface area (Å²) in [7, 11) is 6.22. The number of esters is 1. The first-order chi connectivity index (χ1) is 14.1. The van der Waals surface area contributed by atoms with Crippen LogP contribution in [0.25, 0.3) is 0 Å². The van der Waals surface area contributed by atoms with Crippen molar-refractivity contribution < 1.29 is 23.7 Å². The lowest BCUT2D eigenvalue weighted by atomic mass is 9.76. The van der Waals surface area contributed by atoms with Crippen LogP contribution in [0.1, 0.15) is 39.9 Å². The van der Waals surface area contributed by atoms with E-state index in [1.807, 2.05) is 18.2 Å². The van der Waals surface area contributed by atoms with Gasteiger partial charge in [0.25, 0.3) is 0 Å². The number of anilines is 1. The Labute approximate surface area is 170 Å². The maximum absolute atomic E-state index is 12.4. The molecule has 1 N–H and O–H groups in total. The topological polar surface area (TPSA) is 66.0 Å². The lowest BCUT2D eigenvalue weighted by molar-refractivity contribution is 0.0601. The Morgan fingerprint density at radius 1 is 1.03 bits per heavy atom.